The normalized spacial score (nSPS) is 18.4. The van der Waals surface area contributed by atoms with Gasteiger partial charge in [-0.25, -0.2) is 0 Å². The Bertz CT molecular complexity index is 375. The highest BCUT2D eigenvalue weighted by Gasteiger charge is 2.22. The number of carbonyl (C=O) groups is 1. The van der Waals surface area contributed by atoms with Crippen molar-refractivity contribution >= 4 is 5.97 Å². The molecule has 1 atom stereocenters. The quantitative estimate of drug-likeness (QED) is 0.810. The van der Waals surface area contributed by atoms with Crippen LogP contribution in [0.4, 0.5) is 0 Å². The lowest BCUT2D eigenvalue weighted by Crippen LogP contribution is -2.46. The third-order valence-electron chi connectivity index (χ3n) is 3.36. The number of nitrogens with zero attached hydrogens (tertiary/aromatic N) is 1. The number of nitrogens with one attached hydrogen (secondary N) is 1. The lowest BCUT2D eigenvalue weighted by atomic mass is 9.98. The van der Waals surface area contributed by atoms with Crippen molar-refractivity contribution in [3.8, 4) is 0 Å². The van der Waals surface area contributed by atoms with Gasteiger partial charge in [0.15, 0.2) is 0 Å². The van der Waals surface area contributed by atoms with E-state index in [0.717, 1.165) is 31.7 Å². The number of hydrogen-bond donors (Lipinski definition) is 2. The van der Waals surface area contributed by atoms with E-state index in [0.29, 0.717) is 13.0 Å². The number of rotatable bonds is 5. The van der Waals surface area contributed by atoms with E-state index >= 15 is 0 Å². The summed E-state index contributed by atoms with van der Waals surface area (Å²) >= 11 is 0. The van der Waals surface area contributed by atoms with Crippen molar-refractivity contribution in [3.05, 3.63) is 35.9 Å². The third-order valence-corrected chi connectivity index (χ3v) is 3.36. The molecule has 0 spiro atoms. The van der Waals surface area contributed by atoms with Crippen LogP contribution in [-0.2, 0) is 11.2 Å². The van der Waals surface area contributed by atoms with Crippen LogP contribution in [0.25, 0.3) is 0 Å². The van der Waals surface area contributed by atoms with E-state index in [1.165, 1.54) is 0 Å². The summed E-state index contributed by atoms with van der Waals surface area (Å²) in [6.07, 6.45) is 0.611. The second-order valence-corrected chi connectivity index (χ2v) is 4.78. The zero-order chi connectivity index (χ0) is 12.8. The fourth-order valence-electron chi connectivity index (χ4n) is 2.33. The van der Waals surface area contributed by atoms with Crippen LogP contribution in [0.15, 0.2) is 30.3 Å². The summed E-state index contributed by atoms with van der Waals surface area (Å²) in [4.78, 5) is 13.6. The molecule has 0 radical (unpaired) electrons. The van der Waals surface area contributed by atoms with E-state index < -0.39 is 5.97 Å². The van der Waals surface area contributed by atoms with Gasteiger partial charge in [-0.2, -0.15) is 0 Å². The van der Waals surface area contributed by atoms with Crippen LogP contribution >= 0.6 is 0 Å². The van der Waals surface area contributed by atoms with Gasteiger partial charge < -0.3 is 10.4 Å². The molecule has 0 aliphatic carbocycles. The molecule has 0 amide bonds. The molecule has 4 heteroatoms. The minimum Gasteiger partial charge on any atom is -0.481 e. The first-order valence-electron chi connectivity index (χ1n) is 6.45. The Kier molecular flexibility index (Phi) is 4.73. The Morgan fingerprint density at radius 1 is 1.28 bits per heavy atom. The fourth-order valence-corrected chi connectivity index (χ4v) is 2.33. The minimum absolute atomic E-state index is 0.314. The summed E-state index contributed by atoms with van der Waals surface area (Å²) in [6, 6.07) is 9.86. The van der Waals surface area contributed by atoms with Gasteiger partial charge in [-0.05, 0) is 12.0 Å². The highest BCUT2D eigenvalue weighted by Crippen LogP contribution is 2.11. The van der Waals surface area contributed by atoms with Crippen molar-refractivity contribution in [2.45, 2.75) is 6.42 Å². The Labute approximate surface area is 108 Å². The molecule has 0 bridgehead atoms. The van der Waals surface area contributed by atoms with Gasteiger partial charge in [0.25, 0.3) is 0 Å². The van der Waals surface area contributed by atoms with Gasteiger partial charge in [0.05, 0.1) is 5.92 Å². The molecule has 1 aliphatic heterocycles. The summed E-state index contributed by atoms with van der Waals surface area (Å²) in [5, 5.41) is 12.6. The Hall–Kier alpha value is -1.39. The number of hydrogen-bond acceptors (Lipinski definition) is 3. The van der Waals surface area contributed by atoms with E-state index in [9.17, 15) is 9.90 Å². The maximum Gasteiger partial charge on any atom is 0.308 e. The molecule has 98 valence electrons. The van der Waals surface area contributed by atoms with Crippen LogP contribution in [0.1, 0.15) is 5.56 Å². The van der Waals surface area contributed by atoms with Crippen molar-refractivity contribution < 1.29 is 9.90 Å². The topological polar surface area (TPSA) is 52.6 Å². The predicted molar refractivity (Wildman–Crippen MR) is 70.6 cm³/mol. The van der Waals surface area contributed by atoms with Crippen LogP contribution in [0.5, 0.6) is 0 Å². The van der Waals surface area contributed by atoms with Gasteiger partial charge in [-0.15, -0.1) is 0 Å². The lowest BCUT2D eigenvalue weighted by molar-refractivity contribution is -0.142. The number of piperazine rings is 1. The van der Waals surface area contributed by atoms with Crippen molar-refractivity contribution in [1.82, 2.24) is 10.2 Å². The number of benzene rings is 1. The second-order valence-electron chi connectivity index (χ2n) is 4.78. The molecule has 0 saturated carbocycles. The highest BCUT2D eigenvalue weighted by atomic mass is 16.4. The van der Waals surface area contributed by atoms with E-state index in [4.69, 9.17) is 0 Å². The monoisotopic (exact) mass is 248 g/mol. The molecule has 1 aromatic carbocycles. The molecule has 2 rings (SSSR count). The van der Waals surface area contributed by atoms with Crippen molar-refractivity contribution in [3.63, 3.8) is 0 Å². The lowest BCUT2D eigenvalue weighted by Gasteiger charge is -2.29. The molecule has 4 nitrogen and oxygen atoms in total. The average molecular weight is 248 g/mol. The molecule has 2 N–H and O–H groups in total. The first-order chi connectivity index (χ1) is 8.75. The van der Waals surface area contributed by atoms with Gasteiger partial charge >= 0.3 is 5.97 Å². The van der Waals surface area contributed by atoms with Crippen LogP contribution in [-0.4, -0.2) is 48.7 Å². The largest absolute Gasteiger partial charge is 0.481 e. The summed E-state index contributed by atoms with van der Waals surface area (Å²) in [5.41, 5.74) is 1.10. The molecule has 1 aliphatic rings. The molecular weight excluding hydrogens is 228 g/mol. The summed E-state index contributed by atoms with van der Waals surface area (Å²) in [5.74, 6) is -1.01. The Morgan fingerprint density at radius 3 is 2.56 bits per heavy atom. The smallest absolute Gasteiger partial charge is 0.308 e. The predicted octanol–water partition coefficient (Wildman–Crippen LogP) is 0.835. The van der Waals surface area contributed by atoms with Crippen LogP contribution in [0.2, 0.25) is 0 Å². The van der Waals surface area contributed by atoms with Gasteiger partial charge in [-0.1, -0.05) is 30.3 Å². The van der Waals surface area contributed by atoms with Crippen molar-refractivity contribution in [2.24, 2.45) is 5.92 Å². The first-order valence-corrected chi connectivity index (χ1v) is 6.45. The molecule has 1 unspecified atom stereocenters. The average Bonchev–Trinajstić information content (AvgIpc) is 2.40. The molecule has 0 aromatic heterocycles. The maximum atomic E-state index is 11.3. The zero-order valence-corrected chi connectivity index (χ0v) is 10.5. The molecule has 1 aromatic rings. The Morgan fingerprint density at radius 2 is 1.94 bits per heavy atom. The molecule has 1 saturated heterocycles. The van der Waals surface area contributed by atoms with Crippen LogP contribution < -0.4 is 5.32 Å². The highest BCUT2D eigenvalue weighted by molar-refractivity contribution is 5.70. The van der Waals surface area contributed by atoms with Gasteiger partial charge in [0, 0.05) is 32.7 Å². The standard InChI is InChI=1S/C14H20N2O2/c17-14(18)13(10-12-4-2-1-3-5-12)11-16-8-6-15-7-9-16/h1-5,13,15H,6-11H2,(H,17,18). The summed E-state index contributed by atoms with van der Waals surface area (Å²) in [7, 11) is 0. The fraction of sp³-hybridized carbons (Fsp3) is 0.500. The molecule has 1 heterocycles. The van der Waals surface area contributed by atoms with Crippen LogP contribution in [0, 0.1) is 5.92 Å². The summed E-state index contributed by atoms with van der Waals surface area (Å²) in [6.45, 7) is 4.44. The van der Waals surface area contributed by atoms with E-state index in [1.807, 2.05) is 30.3 Å². The van der Waals surface area contributed by atoms with E-state index in [2.05, 4.69) is 10.2 Å². The zero-order valence-electron chi connectivity index (χ0n) is 10.5. The number of aliphatic carboxylic acids is 1. The maximum absolute atomic E-state index is 11.3. The molecule has 1 fully saturated rings. The number of carboxylic acids is 1. The van der Waals surface area contributed by atoms with E-state index in [1.54, 1.807) is 0 Å². The minimum atomic E-state index is -0.697. The van der Waals surface area contributed by atoms with Crippen molar-refractivity contribution in [1.29, 1.82) is 0 Å². The van der Waals surface area contributed by atoms with Gasteiger partial charge in [0.2, 0.25) is 0 Å². The summed E-state index contributed by atoms with van der Waals surface area (Å²) < 4.78 is 0. The number of carboxylic acid groups (broad SMARTS) is 1. The van der Waals surface area contributed by atoms with Crippen molar-refractivity contribution in [2.75, 3.05) is 32.7 Å². The molecular formula is C14H20N2O2. The second kappa shape index (κ2) is 6.52. The van der Waals surface area contributed by atoms with Crippen LogP contribution in [0.3, 0.4) is 0 Å². The Balaban J connectivity index is 1.93. The molecule has 18 heavy (non-hydrogen) atoms. The van der Waals surface area contributed by atoms with Gasteiger partial charge in [0.1, 0.15) is 0 Å². The first kappa shape index (κ1) is 13.1. The third kappa shape index (κ3) is 3.82. The SMILES string of the molecule is O=C(O)C(Cc1ccccc1)CN1CCNCC1. The van der Waals surface area contributed by atoms with E-state index in [-0.39, 0.29) is 5.92 Å². The van der Waals surface area contributed by atoms with Gasteiger partial charge in [-0.3, -0.25) is 9.69 Å².